The van der Waals surface area contributed by atoms with Crippen molar-refractivity contribution < 1.29 is 24.5 Å². The molecule has 0 aromatic heterocycles. The smallest absolute Gasteiger partial charge is 0.220 e. The van der Waals surface area contributed by atoms with Crippen molar-refractivity contribution in [2.45, 2.75) is 105 Å². The molecule has 5 rings (SSSR count). The number of amides is 2. The fourth-order valence-electron chi connectivity index (χ4n) is 7.41. The zero-order valence-corrected chi connectivity index (χ0v) is 32.7. The summed E-state index contributed by atoms with van der Waals surface area (Å²) in [5.41, 5.74) is 1.42. The number of nitrogens with one attached hydrogen (secondary N) is 2. The van der Waals surface area contributed by atoms with Gasteiger partial charge in [0.25, 0.3) is 0 Å². The summed E-state index contributed by atoms with van der Waals surface area (Å²) in [6, 6.07) is 21.2. The van der Waals surface area contributed by atoms with Crippen LogP contribution in [0.1, 0.15) is 111 Å². The number of aliphatic hydroxyl groups is 2. The Kier molecular flexibility index (Phi) is 22.5. The number of para-hydroxylation sites is 1. The standard InChI is InChI=1S/C17H27NO.C15H21NO2.C9H17NO2.C2H6/c1-14(9-11-19)12-16-8-10-18(13-16)15(2)17-6-4-3-5-7-17;1-12(9-13-10-15(17)16-11-13)7-8-18-14-5-3-2-4-6-14;1-7(2-3-11)4-8-5-9(12)10-6-8;1-2/h3-7,14-16,19H,8-13H2,1-2H3;2-6,12-13H,7-11H2,1H3,(H,16,17);7-8,11H,2-6H2,1H3,(H,10,12);1-2H3/t14?,15-,16+;12?,13-;7?,8-;/m000./s1. The molecule has 0 bridgehead atoms. The van der Waals surface area contributed by atoms with Crippen molar-refractivity contribution >= 4 is 11.8 Å². The van der Waals surface area contributed by atoms with Crippen LogP contribution in [-0.2, 0) is 9.59 Å². The lowest BCUT2D eigenvalue weighted by molar-refractivity contribution is -0.120. The summed E-state index contributed by atoms with van der Waals surface area (Å²) in [6.45, 7) is 18.4. The molecule has 2 aromatic carbocycles. The van der Waals surface area contributed by atoms with E-state index < -0.39 is 0 Å². The van der Waals surface area contributed by atoms with Crippen LogP contribution in [0.25, 0.3) is 0 Å². The number of rotatable bonds is 16. The van der Waals surface area contributed by atoms with Crippen LogP contribution in [0, 0.1) is 35.5 Å². The summed E-state index contributed by atoms with van der Waals surface area (Å²) < 4.78 is 5.68. The molecule has 3 unspecified atom stereocenters. The minimum atomic E-state index is 0.177. The first kappa shape index (κ1) is 44.2. The van der Waals surface area contributed by atoms with Crippen molar-refractivity contribution in [3.05, 3.63) is 66.2 Å². The van der Waals surface area contributed by atoms with Gasteiger partial charge in [-0.05, 0) is 112 Å². The van der Waals surface area contributed by atoms with Gasteiger partial charge in [-0.2, -0.15) is 0 Å². The molecule has 3 heterocycles. The fourth-order valence-corrected chi connectivity index (χ4v) is 7.41. The summed E-state index contributed by atoms with van der Waals surface area (Å²) in [6.07, 6.45) is 8.95. The molecule has 2 amide bonds. The van der Waals surface area contributed by atoms with Gasteiger partial charge in [-0.1, -0.05) is 83.1 Å². The number of hydrogen-bond acceptors (Lipinski definition) is 6. The zero-order valence-electron chi connectivity index (χ0n) is 32.7. The number of carbonyl (C=O) groups excluding carboxylic acids is 2. The second kappa shape index (κ2) is 25.9. The summed E-state index contributed by atoms with van der Waals surface area (Å²) >= 11 is 0. The molecule has 2 aromatic rings. The van der Waals surface area contributed by atoms with Gasteiger partial charge in [0.2, 0.25) is 11.8 Å². The third kappa shape index (κ3) is 18.4. The Morgan fingerprint density at radius 2 is 1.18 bits per heavy atom. The monoisotopic (exact) mass is 710 g/mol. The summed E-state index contributed by atoms with van der Waals surface area (Å²) in [5, 5.41) is 23.4. The minimum absolute atomic E-state index is 0.177. The lowest BCUT2D eigenvalue weighted by atomic mass is 9.93. The third-order valence-corrected chi connectivity index (χ3v) is 10.3. The van der Waals surface area contributed by atoms with Crippen LogP contribution in [-0.4, -0.2) is 72.9 Å². The Bertz CT molecular complexity index is 1180. The van der Waals surface area contributed by atoms with Crippen LogP contribution in [0.4, 0.5) is 0 Å². The highest BCUT2D eigenvalue weighted by molar-refractivity contribution is 5.78. The second-order valence-electron chi connectivity index (χ2n) is 15.0. The highest BCUT2D eigenvalue weighted by atomic mass is 16.5. The largest absolute Gasteiger partial charge is 0.494 e. The van der Waals surface area contributed by atoms with E-state index in [0.717, 1.165) is 63.5 Å². The predicted molar refractivity (Wildman–Crippen MR) is 209 cm³/mol. The molecule has 7 atom stereocenters. The molecule has 3 fully saturated rings. The van der Waals surface area contributed by atoms with Crippen LogP contribution in [0.3, 0.4) is 0 Å². The topological polar surface area (TPSA) is 111 Å². The Labute approximate surface area is 310 Å². The van der Waals surface area contributed by atoms with Gasteiger partial charge in [0.05, 0.1) is 6.61 Å². The van der Waals surface area contributed by atoms with E-state index in [-0.39, 0.29) is 18.4 Å². The van der Waals surface area contributed by atoms with Crippen LogP contribution in [0.15, 0.2) is 60.7 Å². The number of likely N-dealkylation sites (tertiary alicyclic amines) is 1. The molecule has 0 saturated carbocycles. The predicted octanol–water partition coefficient (Wildman–Crippen LogP) is 7.65. The van der Waals surface area contributed by atoms with E-state index in [0.29, 0.717) is 55.1 Å². The van der Waals surface area contributed by atoms with Gasteiger partial charge in [0.1, 0.15) is 5.75 Å². The molecule has 3 aliphatic heterocycles. The number of carbonyl (C=O) groups is 2. The summed E-state index contributed by atoms with van der Waals surface area (Å²) in [7, 11) is 0. The fraction of sp³-hybridized carbons (Fsp3) is 0.674. The first-order valence-electron chi connectivity index (χ1n) is 19.9. The van der Waals surface area contributed by atoms with E-state index in [1.807, 2.05) is 44.2 Å². The number of nitrogens with zero attached hydrogens (tertiary/aromatic N) is 1. The second-order valence-corrected chi connectivity index (χ2v) is 15.0. The lowest BCUT2D eigenvalue weighted by Crippen LogP contribution is -2.24. The third-order valence-electron chi connectivity index (χ3n) is 10.3. The highest BCUT2D eigenvalue weighted by Crippen LogP contribution is 2.31. The maximum Gasteiger partial charge on any atom is 0.220 e. The van der Waals surface area contributed by atoms with E-state index in [9.17, 15) is 9.59 Å². The van der Waals surface area contributed by atoms with Gasteiger partial charge in [-0.25, -0.2) is 0 Å². The van der Waals surface area contributed by atoms with E-state index in [4.69, 9.17) is 14.9 Å². The quantitative estimate of drug-likeness (QED) is 0.143. The minimum Gasteiger partial charge on any atom is -0.494 e. The van der Waals surface area contributed by atoms with Crippen molar-refractivity contribution in [1.82, 2.24) is 15.5 Å². The molecule has 8 nitrogen and oxygen atoms in total. The molecule has 3 saturated heterocycles. The summed E-state index contributed by atoms with van der Waals surface area (Å²) in [4.78, 5) is 24.5. The van der Waals surface area contributed by atoms with E-state index in [1.165, 1.54) is 31.5 Å². The first-order valence-corrected chi connectivity index (χ1v) is 19.9. The van der Waals surface area contributed by atoms with Gasteiger partial charge < -0.3 is 25.6 Å². The average molecular weight is 710 g/mol. The molecule has 0 radical (unpaired) electrons. The van der Waals surface area contributed by atoms with Gasteiger partial charge in [-0.3, -0.25) is 14.5 Å². The van der Waals surface area contributed by atoms with Crippen LogP contribution < -0.4 is 15.4 Å². The lowest BCUT2D eigenvalue weighted by Gasteiger charge is -2.25. The SMILES string of the molecule is CC.CC(CCO)C[C@@H]1CNC(=O)C1.CC(CCO)C[C@H]1CCN([C@@H](C)c2ccccc2)C1.CC(CCOc1ccccc1)C[C@@H]1CNC(=O)C1. The zero-order chi connectivity index (χ0) is 37.4. The van der Waals surface area contributed by atoms with Crippen LogP contribution in [0.2, 0.25) is 0 Å². The molecule has 3 aliphatic rings. The molecule has 288 valence electrons. The molecule has 8 heteroatoms. The number of ether oxygens (including phenoxy) is 1. The number of aliphatic hydroxyl groups excluding tert-OH is 2. The molecular formula is C43H71N3O5. The van der Waals surface area contributed by atoms with Crippen LogP contribution >= 0.6 is 0 Å². The van der Waals surface area contributed by atoms with Gasteiger partial charge in [0, 0.05) is 51.7 Å². The van der Waals surface area contributed by atoms with Crippen molar-refractivity contribution in [3.8, 4) is 5.75 Å². The van der Waals surface area contributed by atoms with Crippen LogP contribution in [0.5, 0.6) is 5.75 Å². The maximum atomic E-state index is 11.1. The average Bonchev–Trinajstić information content (AvgIpc) is 3.88. The Morgan fingerprint density at radius 1 is 0.706 bits per heavy atom. The van der Waals surface area contributed by atoms with Crippen molar-refractivity contribution in [1.29, 1.82) is 0 Å². The maximum absolute atomic E-state index is 11.1. The number of hydrogen-bond donors (Lipinski definition) is 4. The van der Waals surface area contributed by atoms with Crippen molar-refractivity contribution in [2.24, 2.45) is 35.5 Å². The van der Waals surface area contributed by atoms with E-state index in [1.54, 1.807) is 0 Å². The Balaban J connectivity index is 0.000000265. The molecule has 0 aliphatic carbocycles. The van der Waals surface area contributed by atoms with Crippen molar-refractivity contribution in [3.63, 3.8) is 0 Å². The summed E-state index contributed by atoms with van der Waals surface area (Å²) in [5.74, 6) is 4.93. The van der Waals surface area contributed by atoms with Gasteiger partial charge in [-0.15, -0.1) is 0 Å². The Hall–Kier alpha value is -2.94. The molecule has 4 N–H and O–H groups in total. The molecule has 51 heavy (non-hydrogen) atoms. The molecular weight excluding hydrogens is 638 g/mol. The van der Waals surface area contributed by atoms with Gasteiger partial charge in [0.15, 0.2) is 0 Å². The van der Waals surface area contributed by atoms with E-state index in [2.05, 4.69) is 73.6 Å². The van der Waals surface area contributed by atoms with Crippen molar-refractivity contribution in [2.75, 3.05) is 46.0 Å². The number of benzene rings is 2. The normalized spacial score (nSPS) is 22.1. The van der Waals surface area contributed by atoms with Gasteiger partial charge >= 0.3 is 0 Å². The van der Waals surface area contributed by atoms with E-state index >= 15 is 0 Å². The molecule has 0 spiro atoms. The Morgan fingerprint density at radius 3 is 1.65 bits per heavy atom. The highest BCUT2D eigenvalue weighted by Gasteiger charge is 2.28. The first-order chi connectivity index (χ1) is 24.7.